The zero-order chi connectivity index (χ0) is 25.9. The Hall–Kier alpha value is -4.61. The molecule has 2 aromatic heterocycles. The fourth-order valence-electron chi connectivity index (χ4n) is 3.32. The van der Waals surface area contributed by atoms with E-state index in [1.807, 2.05) is 0 Å². The van der Waals surface area contributed by atoms with Gasteiger partial charge in [0, 0.05) is 18.9 Å². The number of nitrogens with zero attached hydrogens (tertiary/aromatic N) is 4. The van der Waals surface area contributed by atoms with Crippen LogP contribution in [-0.2, 0) is 19.3 Å². The van der Waals surface area contributed by atoms with Crippen molar-refractivity contribution in [1.29, 1.82) is 0 Å². The van der Waals surface area contributed by atoms with Crippen molar-refractivity contribution in [2.24, 2.45) is 0 Å². The summed E-state index contributed by atoms with van der Waals surface area (Å²) in [4.78, 5) is 43.0. The SMILES string of the molecule is O=C(NCc1ccncc1)c1nn(-c2cccc(C(F)(F)F)c2)c(=O)n(Cc2ccc(F)cc2)c1=O. The monoisotopic (exact) mass is 499 g/mol. The average molecular weight is 499 g/mol. The van der Waals surface area contributed by atoms with Crippen molar-refractivity contribution >= 4 is 5.91 Å². The lowest BCUT2D eigenvalue weighted by atomic mass is 10.2. The number of pyridine rings is 1. The number of rotatable bonds is 6. The third-order valence-corrected chi connectivity index (χ3v) is 5.15. The molecule has 0 fully saturated rings. The number of alkyl halides is 3. The van der Waals surface area contributed by atoms with Gasteiger partial charge in [-0.05, 0) is 53.6 Å². The Kier molecular flexibility index (Phi) is 6.77. The Morgan fingerprint density at radius 3 is 2.31 bits per heavy atom. The van der Waals surface area contributed by atoms with Crippen molar-refractivity contribution in [1.82, 2.24) is 24.6 Å². The normalized spacial score (nSPS) is 11.3. The predicted octanol–water partition coefficient (Wildman–Crippen LogP) is 2.93. The van der Waals surface area contributed by atoms with E-state index in [0.717, 1.165) is 24.3 Å². The second-order valence-electron chi connectivity index (χ2n) is 7.65. The lowest BCUT2D eigenvalue weighted by molar-refractivity contribution is -0.137. The van der Waals surface area contributed by atoms with E-state index < -0.39 is 40.4 Å². The molecular formula is C24H17F4N5O3. The lowest BCUT2D eigenvalue weighted by Crippen LogP contribution is -2.46. The van der Waals surface area contributed by atoms with Crippen LogP contribution in [-0.4, -0.2) is 25.2 Å². The van der Waals surface area contributed by atoms with Crippen LogP contribution in [0.15, 0.2) is 82.6 Å². The van der Waals surface area contributed by atoms with Crippen LogP contribution < -0.4 is 16.6 Å². The third kappa shape index (κ3) is 5.37. The Morgan fingerprint density at radius 2 is 1.64 bits per heavy atom. The molecule has 2 aromatic carbocycles. The summed E-state index contributed by atoms with van der Waals surface area (Å²) >= 11 is 0. The van der Waals surface area contributed by atoms with Crippen LogP contribution in [0.3, 0.4) is 0 Å². The summed E-state index contributed by atoms with van der Waals surface area (Å²) in [7, 11) is 0. The van der Waals surface area contributed by atoms with E-state index in [2.05, 4.69) is 15.4 Å². The molecule has 0 atom stereocenters. The number of hydrogen-bond donors (Lipinski definition) is 1. The van der Waals surface area contributed by atoms with Gasteiger partial charge in [-0.2, -0.15) is 23.0 Å². The molecule has 0 aliphatic heterocycles. The molecule has 0 spiro atoms. The van der Waals surface area contributed by atoms with Crippen molar-refractivity contribution in [2.45, 2.75) is 19.3 Å². The molecule has 8 nitrogen and oxygen atoms in total. The van der Waals surface area contributed by atoms with Crippen molar-refractivity contribution in [3.63, 3.8) is 0 Å². The van der Waals surface area contributed by atoms with Gasteiger partial charge < -0.3 is 5.32 Å². The van der Waals surface area contributed by atoms with E-state index in [9.17, 15) is 31.9 Å². The van der Waals surface area contributed by atoms with Crippen molar-refractivity contribution in [2.75, 3.05) is 0 Å². The van der Waals surface area contributed by atoms with Crippen molar-refractivity contribution in [3.8, 4) is 5.69 Å². The van der Waals surface area contributed by atoms with E-state index in [-0.39, 0.29) is 18.8 Å². The molecule has 4 aromatic rings. The highest BCUT2D eigenvalue weighted by atomic mass is 19.4. The quantitative estimate of drug-likeness (QED) is 0.412. The van der Waals surface area contributed by atoms with Crippen LogP contribution in [0.1, 0.15) is 27.2 Å². The summed E-state index contributed by atoms with van der Waals surface area (Å²) in [5.74, 6) is -1.48. The van der Waals surface area contributed by atoms with Gasteiger partial charge in [-0.3, -0.25) is 19.1 Å². The fraction of sp³-hybridized carbons (Fsp3) is 0.125. The highest BCUT2D eigenvalue weighted by molar-refractivity contribution is 5.91. The maximum absolute atomic E-state index is 13.3. The molecule has 0 aliphatic rings. The van der Waals surface area contributed by atoms with Gasteiger partial charge in [-0.15, -0.1) is 0 Å². The largest absolute Gasteiger partial charge is 0.416 e. The Bertz CT molecular complexity index is 1510. The molecule has 2 heterocycles. The molecule has 184 valence electrons. The molecule has 0 bridgehead atoms. The number of aromatic nitrogens is 4. The average Bonchev–Trinajstić information content (AvgIpc) is 2.86. The molecule has 36 heavy (non-hydrogen) atoms. The molecule has 0 saturated heterocycles. The summed E-state index contributed by atoms with van der Waals surface area (Å²) in [6.07, 6.45) is -1.70. The summed E-state index contributed by atoms with van der Waals surface area (Å²) in [5.41, 5.74) is -3.17. The van der Waals surface area contributed by atoms with Crippen LogP contribution in [0.25, 0.3) is 5.69 Å². The number of amides is 1. The Labute approximate surface area is 200 Å². The number of halogens is 4. The second-order valence-corrected chi connectivity index (χ2v) is 7.65. The first kappa shape index (κ1) is 24.5. The molecule has 0 radical (unpaired) electrons. The molecule has 0 unspecified atom stereocenters. The number of carbonyl (C=O) groups is 1. The van der Waals surface area contributed by atoms with Crippen LogP contribution >= 0.6 is 0 Å². The highest BCUT2D eigenvalue weighted by Crippen LogP contribution is 2.29. The maximum atomic E-state index is 13.3. The fourth-order valence-corrected chi connectivity index (χ4v) is 3.32. The topological polar surface area (TPSA) is 98.9 Å². The maximum Gasteiger partial charge on any atom is 0.416 e. The molecular weight excluding hydrogens is 482 g/mol. The molecule has 1 amide bonds. The smallest absolute Gasteiger partial charge is 0.346 e. The van der Waals surface area contributed by atoms with Gasteiger partial charge in [0.1, 0.15) is 5.82 Å². The number of carbonyl (C=O) groups excluding carboxylic acids is 1. The number of nitrogens with one attached hydrogen (secondary N) is 1. The van der Waals surface area contributed by atoms with Gasteiger partial charge >= 0.3 is 11.9 Å². The minimum absolute atomic E-state index is 0.00310. The van der Waals surface area contributed by atoms with Gasteiger partial charge in [0.15, 0.2) is 0 Å². The van der Waals surface area contributed by atoms with Gasteiger partial charge in [-0.25, -0.2) is 9.18 Å². The first-order chi connectivity index (χ1) is 17.1. The first-order valence-electron chi connectivity index (χ1n) is 10.5. The Balaban J connectivity index is 1.81. The van der Waals surface area contributed by atoms with Gasteiger partial charge in [-0.1, -0.05) is 18.2 Å². The van der Waals surface area contributed by atoms with Crippen LogP contribution in [0.4, 0.5) is 17.6 Å². The molecule has 0 aliphatic carbocycles. The molecule has 1 N–H and O–H groups in total. The molecule has 12 heteroatoms. The van der Waals surface area contributed by atoms with Gasteiger partial charge in [0.2, 0.25) is 5.69 Å². The minimum atomic E-state index is -4.70. The van der Waals surface area contributed by atoms with Gasteiger partial charge in [0.05, 0.1) is 17.8 Å². The lowest BCUT2D eigenvalue weighted by Gasteiger charge is -2.14. The van der Waals surface area contributed by atoms with E-state index in [0.29, 0.717) is 26.4 Å². The molecule has 4 rings (SSSR count). The minimum Gasteiger partial charge on any atom is -0.346 e. The number of benzene rings is 2. The second kappa shape index (κ2) is 9.94. The van der Waals surface area contributed by atoms with Crippen molar-refractivity contribution in [3.05, 3.63) is 122 Å². The Morgan fingerprint density at radius 1 is 0.944 bits per heavy atom. The van der Waals surface area contributed by atoms with Crippen LogP contribution in [0.5, 0.6) is 0 Å². The molecule has 0 saturated carbocycles. The predicted molar refractivity (Wildman–Crippen MR) is 120 cm³/mol. The summed E-state index contributed by atoms with van der Waals surface area (Å²) in [5, 5.41) is 6.31. The van der Waals surface area contributed by atoms with Gasteiger partial charge in [0.25, 0.3) is 11.5 Å². The summed E-state index contributed by atoms with van der Waals surface area (Å²) in [6, 6.07) is 11.9. The van der Waals surface area contributed by atoms with Crippen LogP contribution in [0.2, 0.25) is 0 Å². The van der Waals surface area contributed by atoms with Crippen LogP contribution in [0, 0.1) is 5.82 Å². The van der Waals surface area contributed by atoms with Crippen molar-refractivity contribution < 1.29 is 22.4 Å². The van der Waals surface area contributed by atoms with E-state index in [1.54, 1.807) is 12.1 Å². The standard InChI is InChI=1S/C24H17F4N5O3/c25-18-6-4-16(5-7-18)14-32-22(35)20(21(34)30-13-15-8-10-29-11-9-15)31-33(23(32)36)19-3-1-2-17(12-19)24(26,27)28/h1-12H,13-14H2,(H,30,34). The van der Waals surface area contributed by atoms with E-state index in [4.69, 9.17) is 0 Å². The van der Waals surface area contributed by atoms with E-state index >= 15 is 0 Å². The summed E-state index contributed by atoms with van der Waals surface area (Å²) < 4.78 is 54.3. The first-order valence-corrected chi connectivity index (χ1v) is 10.5. The highest BCUT2D eigenvalue weighted by Gasteiger charge is 2.31. The van der Waals surface area contributed by atoms with E-state index in [1.165, 1.54) is 30.6 Å². The zero-order valence-corrected chi connectivity index (χ0v) is 18.4. The summed E-state index contributed by atoms with van der Waals surface area (Å²) in [6.45, 7) is -0.368. The third-order valence-electron chi connectivity index (χ3n) is 5.15. The number of hydrogen-bond acceptors (Lipinski definition) is 5. The zero-order valence-electron chi connectivity index (χ0n) is 18.4.